The van der Waals surface area contributed by atoms with Crippen molar-refractivity contribution < 1.29 is 25.8 Å². The SMILES string of the molecule is CC1=C(C)N(c2[c-]c(Oc3[c-]c4c(nc3)c(-c3c(C)cc(C)cc3C)nn4-c3cc(C(C)(C)C)ccn3)ccc2)[CH-]N1C.[Pt]. The van der Waals surface area contributed by atoms with Crippen LogP contribution in [0.4, 0.5) is 5.69 Å². The van der Waals surface area contributed by atoms with E-state index in [1.165, 1.54) is 16.8 Å². The van der Waals surface area contributed by atoms with E-state index in [9.17, 15) is 0 Å². The Morgan fingerprint density at radius 3 is 2.25 bits per heavy atom. The summed E-state index contributed by atoms with van der Waals surface area (Å²) in [5.41, 5.74) is 11.2. The van der Waals surface area contributed by atoms with Gasteiger partial charge < -0.3 is 19.5 Å². The van der Waals surface area contributed by atoms with Crippen LogP contribution in [0.2, 0.25) is 0 Å². The van der Waals surface area contributed by atoms with Crippen LogP contribution in [-0.2, 0) is 26.5 Å². The van der Waals surface area contributed by atoms with Crippen LogP contribution in [0.3, 0.4) is 0 Å². The molecular formula is C36H37N6OPt-3. The van der Waals surface area contributed by atoms with Crippen molar-refractivity contribution in [1.29, 1.82) is 0 Å². The Morgan fingerprint density at radius 1 is 0.864 bits per heavy atom. The third-order valence-electron chi connectivity index (χ3n) is 8.09. The van der Waals surface area contributed by atoms with E-state index >= 15 is 0 Å². The molecule has 1 aliphatic rings. The maximum Gasteiger partial charge on any atom is 0.151 e. The number of rotatable bonds is 5. The first kappa shape index (κ1) is 31.5. The number of nitrogens with zero attached hydrogens (tertiary/aromatic N) is 6. The Bertz CT molecular complexity index is 1880. The van der Waals surface area contributed by atoms with Gasteiger partial charge in [0.25, 0.3) is 0 Å². The fraction of sp³-hybridized carbons (Fsp3) is 0.278. The molecule has 2 aromatic carbocycles. The van der Waals surface area contributed by atoms with Crippen LogP contribution in [0, 0.1) is 39.6 Å². The van der Waals surface area contributed by atoms with Gasteiger partial charge in [0.15, 0.2) is 5.82 Å². The molecule has 0 N–H and O–H groups in total. The molecule has 8 heteroatoms. The zero-order valence-electron chi connectivity index (χ0n) is 26.7. The van der Waals surface area contributed by atoms with Gasteiger partial charge in [-0.25, -0.2) is 9.67 Å². The van der Waals surface area contributed by atoms with E-state index in [0.717, 1.165) is 39.3 Å². The number of pyridine rings is 2. The molecular weight excluding hydrogens is 728 g/mol. The van der Waals surface area contributed by atoms with Crippen molar-refractivity contribution in [1.82, 2.24) is 24.6 Å². The van der Waals surface area contributed by atoms with Crippen molar-refractivity contribution in [3.05, 3.63) is 107 Å². The number of ether oxygens (including phenoxy) is 1. The maximum atomic E-state index is 6.32. The fourth-order valence-electron chi connectivity index (χ4n) is 5.63. The topological polar surface area (TPSA) is 59.3 Å². The van der Waals surface area contributed by atoms with Gasteiger partial charge in [-0.1, -0.05) is 38.5 Å². The van der Waals surface area contributed by atoms with Gasteiger partial charge in [-0.2, -0.15) is 17.8 Å². The number of hydrogen-bond acceptors (Lipinski definition) is 6. The summed E-state index contributed by atoms with van der Waals surface area (Å²) in [6.07, 6.45) is 3.55. The molecule has 0 aliphatic carbocycles. The molecule has 44 heavy (non-hydrogen) atoms. The molecule has 0 saturated carbocycles. The molecule has 0 fully saturated rings. The van der Waals surface area contributed by atoms with E-state index in [4.69, 9.17) is 19.8 Å². The molecule has 0 spiro atoms. The maximum absolute atomic E-state index is 6.32. The number of hydrogen-bond donors (Lipinski definition) is 0. The average molecular weight is 765 g/mol. The molecule has 7 nitrogen and oxygen atoms in total. The Hall–Kier alpha value is -3.96. The number of allylic oxidation sites excluding steroid dienone is 2. The minimum absolute atomic E-state index is 0. The first-order chi connectivity index (χ1) is 20.4. The first-order valence-electron chi connectivity index (χ1n) is 14.5. The standard InChI is InChI=1S/C36H37N6O.Pt/c1-22-15-23(2)33(24(3)16-22)35-34-31(42(39-35)32-17-27(13-14-37-32)36(6,7)8)19-30(20-38-34)43-29-12-10-11-28(18-29)41-21-40(9)25(4)26(41)5;/h10-17,20-21H,1-9H3;/q-3;. The van der Waals surface area contributed by atoms with Crippen molar-refractivity contribution in [2.24, 2.45) is 0 Å². The minimum Gasteiger partial charge on any atom is -0.508 e. The summed E-state index contributed by atoms with van der Waals surface area (Å²) in [6, 6.07) is 21.3. The van der Waals surface area contributed by atoms with E-state index in [0.29, 0.717) is 22.8 Å². The number of anilines is 1. The monoisotopic (exact) mass is 764 g/mol. The second kappa shape index (κ2) is 11.9. The molecule has 3 aromatic heterocycles. The van der Waals surface area contributed by atoms with Crippen LogP contribution >= 0.6 is 0 Å². The number of fused-ring (bicyclic) bond motifs is 1. The molecule has 230 valence electrons. The van der Waals surface area contributed by atoms with Crippen LogP contribution in [0.5, 0.6) is 11.5 Å². The summed E-state index contributed by atoms with van der Waals surface area (Å²) in [6.45, 7) is 19.2. The van der Waals surface area contributed by atoms with Gasteiger partial charge in [0.1, 0.15) is 0 Å². The molecule has 0 atom stereocenters. The summed E-state index contributed by atoms with van der Waals surface area (Å²) in [5.74, 6) is 1.76. The second-order valence-electron chi connectivity index (χ2n) is 12.4. The van der Waals surface area contributed by atoms with Crippen molar-refractivity contribution in [2.75, 3.05) is 11.9 Å². The molecule has 0 saturated heterocycles. The smallest absolute Gasteiger partial charge is 0.151 e. The molecule has 6 rings (SSSR count). The number of benzene rings is 2. The van der Waals surface area contributed by atoms with E-state index < -0.39 is 0 Å². The summed E-state index contributed by atoms with van der Waals surface area (Å²) in [5, 5.41) is 5.12. The molecule has 0 unspecified atom stereocenters. The third-order valence-corrected chi connectivity index (χ3v) is 8.09. The van der Waals surface area contributed by atoms with Gasteiger partial charge in [0.05, 0.1) is 5.69 Å². The second-order valence-corrected chi connectivity index (χ2v) is 12.4. The van der Waals surface area contributed by atoms with E-state index in [1.54, 1.807) is 6.20 Å². The molecule has 5 aromatic rings. The number of aromatic nitrogens is 4. The predicted molar refractivity (Wildman–Crippen MR) is 172 cm³/mol. The summed E-state index contributed by atoms with van der Waals surface area (Å²) >= 11 is 0. The van der Waals surface area contributed by atoms with Gasteiger partial charge in [-0.15, -0.1) is 30.0 Å². The molecule has 0 bridgehead atoms. The summed E-state index contributed by atoms with van der Waals surface area (Å²) in [4.78, 5) is 13.8. The Kier molecular flexibility index (Phi) is 8.47. The zero-order chi connectivity index (χ0) is 30.6. The largest absolute Gasteiger partial charge is 0.508 e. The van der Waals surface area contributed by atoms with Gasteiger partial charge in [-0.05, 0) is 98.9 Å². The van der Waals surface area contributed by atoms with Crippen molar-refractivity contribution in [2.45, 2.75) is 60.8 Å². The molecule has 0 amide bonds. The van der Waals surface area contributed by atoms with Gasteiger partial charge in [0, 0.05) is 50.0 Å². The van der Waals surface area contributed by atoms with Crippen LogP contribution in [0.25, 0.3) is 28.1 Å². The van der Waals surface area contributed by atoms with Crippen LogP contribution in [0.1, 0.15) is 56.9 Å². The van der Waals surface area contributed by atoms with Crippen molar-refractivity contribution >= 4 is 16.7 Å². The van der Waals surface area contributed by atoms with Crippen molar-refractivity contribution in [3.63, 3.8) is 0 Å². The Balaban J connectivity index is 0.00000384. The summed E-state index contributed by atoms with van der Waals surface area (Å²) < 4.78 is 8.16. The minimum atomic E-state index is -0.0433. The van der Waals surface area contributed by atoms with Crippen LogP contribution in [-0.4, -0.2) is 31.7 Å². The average Bonchev–Trinajstić information content (AvgIpc) is 3.44. The van der Waals surface area contributed by atoms with Crippen molar-refractivity contribution in [3.8, 4) is 28.6 Å². The van der Waals surface area contributed by atoms with Crippen LogP contribution in [0.15, 0.2) is 66.3 Å². The quantitative estimate of drug-likeness (QED) is 0.168. The molecule has 4 heterocycles. The van der Waals surface area contributed by atoms with Gasteiger partial charge in [-0.3, -0.25) is 0 Å². The Morgan fingerprint density at radius 2 is 1.59 bits per heavy atom. The van der Waals surface area contributed by atoms with E-state index in [-0.39, 0.29) is 26.5 Å². The van der Waals surface area contributed by atoms with Crippen LogP contribution < -0.4 is 9.64 Å². The number of aryl methyl sites for hydroxylation is 3. The molecule has 0 radical (unpaired) electrons. The van der Waals surface area contributed by atoms with E-state index in [2.05, 4.69) is 102 Å². The zero-order valence-corrected chi connectivity index (χ0v) is 29.0. The van der Waals surface area contributed by atoms with Gasteiger partial charge >= 0.3 is 0 Å². The van der Waals surface area contributed by atoms with Gasteiger partial charge in [0.2, 0.25) is 0 Å². The summed E-state index contributed by atoms with van der Waals surface area (Å²) in [7, 11) is 2.04. The first-order valence-corrected chi connectivity index (χ1v) is 14.5. The Labute approximate surface area is 274 Å². The normalized spacial score (nSPS) is 13.6. The molecule has 1 aliphatic heterocycles. The predicted octanol–water partition coefficient (Wildman–Crippen LogP) is 8.22. The third kappa shape index (κ3) is 5.78. The van der Waals surface area contributed by atoms with E-state index in [1.807, 2.05) is 42.8 Å². The fourth-order valence-corrected chi connectivity index (χ4v) is 5.63.